The molecule has 0 unspecified atom stereocenters. The van der Waals surface area contributed by atoms with E-state index in [0.717, 1.165) is 12.8 Å². The van der Waals surface area contributed by atoms with Gasteiger partial charge in [0.2, 0.25) is 0 Å². The van der Waals surface area contributed by atoms with Gasteiger partial charge in [0.15, 0.2) is 9.84 Å². The number of methoxy groups -OCH3 is 1. The molecule has 0 aliphatic rings. The molecule has 20 heavy (non-hydrogen) atoms. The van der Waals surface area contributed by atoms with Crippen LogP contribution in [-0.2, 0) is 9.84 Å². The van der Waals surface area contributed by atoms with E-state index in [4.69, 9.17) is 10.5 Å². The molecule has 114 valence electrons. The van der Waals surface area contributed by atoms with Gasteiger partial charge in [0.05, 0.1) is 12.9 Å². The zero-order valence-corrected chi connectivity index (χ0v) is 13.2. The first-order chi connectivity index (χ1) is 9.51. The van der Waals surface area contributed by atoms with Gasteiger partial charge >= 0.3 is 0 Å². The second-order valence-electron chi connectivity index (χ2n) is 5.00. The Hall–Kier alpha value is -1.23. The van der Waals surface area contributed by atoms with E-state index in [2.05, 4.69) is 6.92 Å². The van der Waals surface area contributed by atoms with Crippen molar-refractivity contribution in [3.05, 3.63) is 18.2 Å². The van der Waals surface area contributed by atoms with E-state index in [1.54, 1.807) is 12.1 Å². The summed E-state index contributed by atoms with van der Waals surface area (Å²) >= 11 is 0. The Labute approximate surface area is 122 Å². The van der Waals surface area contributed by atoms with E-state index in [0.29, 0.717) is 17.9 Å². The highest BCUT2D eigenvalue weighted by Crippen LogP contribution is 2.27. The topological polar surface area (TPSA) is 69.4 Å². The van der Waals surface area contributed by atoms with Crippen molar-refractivity contribution in [1.29, 1.82) is 0 Å². The highest BCUT2D eigenvalue weighted by Gasteiger charge is 2.19. The molecule has 0 fully saturated rings. The van der Waals surface area contributed by atoms with E-state index >= 15 is 0 Å². The molecule has 0 radical (unpaired) electrons. The van der Waals surface area contributed by atoms with Crippen LogP contribution in [0.25, 0.3) is 0 Å². The Balaban J connectivity index is 2.60. The lowest BCUT2D eigenvalue weighted by Crippen LogP contribution is -2.09. The summed E-state index contributed by atoms with van der Waals surface area (Å²) < 4.78 is 29.7. The summed E-state index contributed by atoms with van der Waals surface area (Å²) in [5.74, 6) is 0.496. The lowest BCUT2D eigenvalue weighted by Gasteiger charge is -2.10. The monoisotopic (exact) mass is 299 g/mol. The third-order valence-electron chi connectivity index (χ3n) is 3.29. The number of hydrogen-bond acceptors (Lipinski definition) is 4. The molecule has 1 aromatic rings. The molecule has 0 spiro atoms. The average molecular weight is 299 g/mol. The normalized spacial score (nSPS) is 11.5. The van der Waals surface area contributed by atoms with E-state index in [-0.39, 0.29) is 10.6 Å². The Morgan fingerprint density at radius 2 is 1.75 bits per heavy atom. The minimum atomic E-state index is -3.29. The highest BCUT2D eigenvalue weighted by atomic mass is 32.2. The molecule has 0 aromatic heterocycles. The SMILES string of the molecule is CCCCCCCCS(=O)(=O)c1ccc(N)cc1OC. The fraction of sp³-hybridized carbons (Fsp3) is 0.600. The van der Waals surface area contributed by atoms with Crippen molar-refractivity contribution < 1.29 is 13.2 Å². The molecule has 1 aromatic carbocycles. The van der Waals surface area contributed by atoms with Gasteiger partial charge < -0.3 is 10.5 Å². The number of unbranched alkanes of at least 4 members (excludes halogenated alkanes) is 5. The van der Waals surface area contributed by atoms with Gasteiger partial charge in [0.25, 0.3) is 0 Å². The van der Waals surface area contributed by atoms with Crippen LogP contribution in [0.5, 0.6) is 5.75 Å². The third-order valence-corrected chi connectivity index (χ3v) is 5.12. The number of hydrogen-bond donors (Lipinski definition) is 1. The highest BCUT2D eigenvalue weighted by molar-refractivity contribution is 7.91. The Morgan fingerprint density at radius 3 is 2.40 bits per heavy atom. The molecule has 2 N–H and O–H groups in total. The van der Waals surface area contributed by atoms with Crippen LogP contribution in [0.1, 0.15) is 45.4 Å². The molecular formula is C15H25NO3S. The molecule has 0 aliphatic heterocycles. The number of anilines is 1. The minimum absolute atomic E-state index is 0.166. The maximum atomic E-state index is 12.3. The number of nitrogens with two attached hydrogens (primary N) is 1. The van der Waals surface area contributed by atoms with E-state index in [1.165, 1.54) is 32.4 Å². The summed E-state index contributed by atoms with van der Waals surface area (Å²) in [6, 6.07) is 4.67. The number of rotatable bonds is 9. The van der Waals surface area contributed by atoms with Gasteiger partial charge in [-0.05, 0) is 18.6 Å². The first-order valence-corrected chi connectivity index (χ1v) is 8.82. The van der Waals surface area contributed by atoms with Gasteiger partial charge in [-0.3, -0.25) is 0 Å². The molecule has 0 saturated carbocycles. The van der Waals surface area contributed by atoms with Crippen molar-refractivity contribution in [1.82, 2.24) is 0 Å². The zero-order chi connectivity index (χ0) is 15.0. The van der Waals surface area contributed by atoms with Crippen molar-refractivity contribution in [2.75, 3.05) is 18.6 Å². The number of nitrogen functional groups attached to an aromatic ring is 1. The van der Waals surface area contributed by atoms with Crippen LogP contribution in [0.3, 0.4) is 0 Å². The van der Waals surface area contributed by atoms with E-state index < -0.39 is 9.84 Å². The Bertz CT molecular complexity index is 512. The average Bonchev–Trinajstić information content (AvgIpc) is 2.42. The van der Waals surface area contributed by atoms with Crippen molar-refractivity contribution >= 4 is 15.5 Å². The summed E-state index contributed by atoms with van der Waals surface area (Å²) in [4.78, 5) is 0.239. The van der Waals surface area contributed by atoms with Crippen LogP contribution in [-0.4, -0.2) is 21.3 Å². The third kappa shape index (κ3) is 5.04. The van der Waals surface area contributed by atoms with Crippen molar-refractivity contribution in [3.63, 3.8) is 0 Å². The molecule has 0 saturated heterocycles. The molecule has 0 amide bonds. The van der Waals surface area contributed by atoms with Crippen LogP contribution >= 0.6 is 0 Å². The van der Waals surface area contributed by atoms with Crippen LogP contribution in [0.4, 0.5) is 5.69 Å². The van der Waals surface area contributed by atoms with Crippen LogP contribution < -0.4 is 10.5 Å². The van der Waals surface area contributed by atoms with Gasteiger partial charge in [-0.25, -0.2) is 8.42 Å². The Kier molecular flexibility index (Phi) is 6.85. The molecule has 1 rings (SSSR count). The molecule has 5 heteroatoms. The summed E-state index contributed by atoms with van der Waals surface area (Å²) in [6.07, 6.45) is 6.35. The van der Waals surface area contributed by atoms with Gasteiger partial charge in [0.1, 0.15) is 10.6 Å². The van der Waals surface area contributed by atoms with Crippen LogP contribution in [0.15, 0.2) is 23.1 Å². The largest absolute Gasteiger partial charge is 0.495 e. The van der Waals surface area contributed by atoms with E-state index in [9.17, 15) is 8.42 Å². The quantitative estimate of drug-likeness (QED) is 0.560. The van der Waals surface area contributed by atoms with Crippen molar-refractivity contribution in [2.45, 2.75) is 50.3 Å². The molecule has 0 atom stereocenters. The maximum absolute atomic E-state index is 12.3. The minimum Gasteiger partial charge on any atom is -0.495 e. The van der Waals surface area contributed by atoms with Crippen LogP contribution in [0, 0.1) is 0 Å². The van der Waals surface area contributed by atoms with Crippen molar-refractivity contribution in [3.8, 4) is 5.75 Å². The van der Waals surface area contributed by atoms with Crippen molar-refractivity contribution in [2.24, 2.45) is 0 Å². The second kappa shape index (κ2) is 8.15. The predicted molar refractivity (Wildman–Crippen MR) is 82.8 cm³/mol. The zero-order valence-electron chi connectivity index (χ0n) is 12.4. The van der Waals surface area contributed by atoms with Gasteiger partial charge in [-0.15, -0.1) is 0 Å². The number of ether oxygens (including phenoxy) is 1. The second-order valence-corrected chi connectivity index (χ2v) is 7.07. The molecule has 0 heterocycles. The molecule has 4 nitrogen and oxygen atoms in total. The molecule has 0 aliphatic carbocycles. The number of sulfone groups is 1. The predicted octanol–water partition coefficient (Wildman–Crippen LogP) is 3.41. The fourth-order valence-electron chi connectivity index (χ4n) is 2.12. The van der Waals surface area contributed by atoms with Gasteiger partial charge in [-0.2, -0.15) is 0 Å². The lowest BCUT2D eigenvalue weighted by molar-refractivity contribution is 0.403. The summed E-state index contributed by atoms with van der Waals surface area (Å²) in [6.45, 7) is 2.16. The summed E-state index contributed by atoms with van der Waals surface area (Å²) in [7, 11) is -1.84. The summed E-state index contributed by atoms with van der Waals surface area (Å²) in [5, 5.41) is 0. The first-order valence-electron chi connectivity index (χ1n) is 7.17. The van der Waals surface area contributed by atoms with Crippen LogP contribution in [0.2, 0.25) is 0 Å². The number of benzene rings is 1. The smallest absolute Gasteiger partial charge is 0.182 e. The standard InChI is InChI=1S/C15H25NO3S/c1-3-4-5-6-7-8-11-20(17,18)15-10-9-13(16)12-14(15)19-2/h9-10,12H,3-8,11,16H2,1-2H3. The molecular weight excluding hydrogens is 274 g/mol. The fourth-order valence-corrected chi connectivity index (χ4v) is 3.65. The summed E-state index contributed by atoms with van der Waals surface area (Å²) in [5.41, 5.74) is 6.14. The maximum Gasteiger partial charge on any atom is 0.182 e. The lowest BCUT2D eigenvalue weighted by atomic mass is 10.1. The van der Waals surface area contributed by atoms with Gasteiger partial charge in [0, 0.05) is 11.8 Å². The first kappa shape index (κ1) is 16.8. The molecule has 0 bridgehead atoms. The van der Waals surface area contributed by atoms with E-state index in [1.807, 2.05) is 0 Å². The van der Waals surface area contributed by atoms with Gasteiger partial charge in [-0.1, -0.05) is 39.0 Å². The Morgan fingerprint density at radius 1 is 1.10 bits per heavy atom.